The second-order valence-electron chi connectivity index (χ2n) is 5.11. The van der Waals surface area contributed by atoms with E-state index in [2.05, 4.69) is 33.4 Å². The summed E-state index contributed by atoms with van der Waals surface area (Å²) < 4.78 is 0.918. The van der Waals surface area contributed by atoms with Crippen LogP contribution < -0.4 is 5.32 Å². The second kappa shape index (κ2) is 5.97. The molecule has 1 N–H and O–H groups in total. The van der Waals surface area contributed by atoms with Gasteiger partial charge in [-0.1, -0.05) is 41.4 Å². The minimum atomic E-state index is 0.307. The van der Waals surface area contributed by atoms with Crippen molar-refractivity contribution >= 4 is 44.8 Å². The van der Waals surface area contributed by atoms with E-state index in [1.54, 1.807) is 0 Å². The van der Waals surface area contributed by atoms with Crippen molar-refractivity contribution in [1.82, 2.24) is 0 Å². The summed E-state index contributed by atoms with van der Waals surface area (Å²) >= 11 is 15.7. The van der Waals surface area contributed by atoms with Crippen LogP contribution in [0, 0.1) is 5.92 Å². The fraction of sp³-hybridized carbons (Fsp3) is 0.250. The summed E-state index contributed by atoms with van der Waals surface area (Å²) in [6, 6.07) is 14.3. The zero-order chi connectivity index (χ0) is 14.1. The van der Waals surface area contributed by atoms with Crippen LogP contribution in [-0.2, 0) is 0 Å². The maximum Gasteiger partial charge on any atom is 0.0593 e. The van der Waals surface area contributed by atoms with E-state index in [0.717, 1.165) is 20.2 Å². The number of nitrogens with one attached hydrogen (secondary N) is 1. The zero-order valence-corrected chi connectivity index (χ0v) is 13.8. The van der Waals surface area contributed by atoms with Crippen molar-refractivity contribution < 1.29 is 0 Å². The lowest BCUT2D eigenvalue weighted by Crippen LogP contribution is -2.13. The molecule has 1 atom stereocenters. The average molecular weight is 371 g/mol. The Morgan fingerprint density at radius 1 is 1.05 bits per heavy atom. The van der Waals surface area contributed by atoms with E-state index >= 15 is 0 Å². The van der Waals surface area contributed by atoms with Gasteiger partial charge in [-0.25, -0.2) is 0 Å². The molecule has 0 heterocycles. The lowest BCUT2D eigenvalue weighted by Gasteiger charge is -2.21. The standard InChI is InChI=1S/C16H14BrCl2N/c17-15-13(19)2-1-3-14(15)20-16(10-4-5-10)11-6-8-12(18)9-7-11/h1-3,6-10,16,20H,4-5H2. The van der Waals surface area contributed by atoms with E-state index in [0.29, 0.717) is 12.0 Å². The molecule has 0 amide bonds. The van der Waals surface area contributed by atoms with E-state index in [4.69, 9.17) is 23.2 Å². The van der Waals surface area contributed by atoms with Gasteiger partial charge in [-0.15, -0.1) is 0 Å². The molecule has 0 bridgehead atoms. The van der Waals surface area contributed by atoms with Crippen LogP contribution in [0.1, 0.15) is 24.4 Å². The highest BCUT2D eigenvalue weighted by atomic mass is 79.9. The average Bonchev–Trinajstić information content (AvgIpc) is 3.26. The largest absolute Gasteiger partial charge is 0.377 e. The molecule has 1 unspecified atom stereocenters. The van der Waals surface area contributed by atoms with Crippen molar-refractivity contribution in [2.24, 2.45) is 5.92 Å². The predicted octanol–water partition coefficient (Wildman–Crippen LogP) is 6.32. The first-order valence-corrected chi connectivity index (χ1v) is 8.16. The van der Waals surface area contributed by atoms with Gasteiger partial charge in [0.2, 0.25) is 0 Å². The van der Waals surface area contributed by atoms with Crippen LogP contribution >= 0.6 is 39.1 Å². The van der Waals surface area contributed by atoms with Crippen molar-refractivity contribution in [2.45, 2.75) is 18.9 Å². The van der Waals surface area contributed by atoms with Crippen molar-refractivity contribution in [3.63, 3.8) is 0 Å². The topological polar surface area (TPSA) is 12.0 Å². The zero-order valence-electron chi connectivity index (χ0n) is 10.7. The quantitative estimate of drug-likeness (QED) is 0.663. The number of halogens is 3. The van der Waals surface area contributed by atoms with Gasteiger partial charge in [-0.2, -0.15) is 0 Å². The predicted molar refractivity (Wildman–Crippen MR) is 89.7 cm³/mol. The lowest BCUT2D eigenvalue weighted by molar-refractivity contribution is 0.678. The van der Waals surface area contributed by atoms with Gasteiger partial charge in [-0.05, 0) is 64.5 Å². The third-order valence-corrected chi connectivity index (χ3v) is 5.23. The molecule has 0 aliphatic heterocycles. The Kier molecular flexibility index (Phi) is 4.25. The maximum atomic E-state index is 6.15. The summed E-state index contributed by atoms with van der Waals surface area (Å²) in [5.74, 6) is 0.682. The van der Waals surface area contributed by atoms with Crippen LogP contribution in [0.4, 0.5) is 5.69 Å². The van der Waals surface area contributed by atoms with Crippen LogP contribution in [0.2, 0.25) is 10.0 Å². The molecule has 2 aromatic rings. The molecule has 20 heavy (non-hydrogen) atoms. The molecule has 1 saturated carbocycles. The Morgan fingerprint density at radius 2 is 1.75 bits per heavy atom. The van der Waals surface area contributed by atoms with Crippen LogP contribution in [0.5, 0.6) is 0 Å². The Bertz CT molecular complexity index is 608. The summed E-state index contributed by atoms with van der Waals surface area (Å²) in [5.41, 5.74) is 2.30. The molecule has 4 heteroatoms. The molecule has 104 valence electrons. The Morgan fingerprint density at radius 3 is 2.40 bits per heavy atom. The van der Waals surface area contributed by atoms with Gasteiger partial charge in [0.05, 0.1) is 21.2 Å². The maximum absolute atomic E-state index is 6.15. The molecule has 0 saturated heterocycles. The SMILES string of the molecule is Clc1ccc(C(Nc2cccc(Cl)c2Br)C2CC2)cc1. The highest BCUT2D eigenvalue weighted by Gasteiger charge is 2.32. The number of hydrogen-bond donors (Lipinski definition) is 1. The van der Waals surface area contributed by atoms with E-state index < -0.39 is 0 Å². The molecule has 0 aromatic heterocycles. The van der Waals surface area contributed by atoms with Crippen LogP contribution in [0.15, 0.2) is 46.9 Å². The normalized spacial score (nSPS) is 15.9. The fourth-order valence-electron chi connectivity index (χ4n) is 2.36. The van der Waals surface area contributed by atoms with E-state index in [1.165, 1.54) is 18.4 Å². The van der Waals surface area contributed by atoms with Crippen molar-refractivity contribution in [1.29, 1.82) is 0 Å². The van der Waals surface area contributed by atoms with Gasteiger partial charge in [0.15, 0.2) is 0 Å². The summed E-state index contributed by atoms with van der Waals surface area (Å²) in [4.78, 5) is 0. The van der Waals surface area contributed by atoms with Gasteiger partial charge in [0.25, 0.3) is 0 Å². The lowest BCUT2D eigenvalue weighted by atomic mass is 10.0. The molecule has 1 aliphatic carbocycles. The van der Waals surface area contributed by atoms with E-state index in [9.17, 15) is 0 Å². The summed E-state index contributed by atoms with van der Waals surface area (Å²) in [5, 5.41) is 5.10. The Hall–Kier alpha value is -0.700. The summed E-state index contributed by atoms with van der Waals surface area (Å²) in [7, 11) is 0. The van der Waals surface area contributed by atoms with Crippen molar-refractivity contribution in [3.05, 3.63) is 62.5 Å². The van der Waals surface area contributed by atoms with E-state index in [1.807, 2.05) is 30.3 Å². The molecule has 1 fully saturated rings. The molecular weight excluding hydrogens is 357 g/mol. The van der Waals surface area contributed by atoms with Crippen LogP contribution in [0.3, 0.4) is 0 Å². The molecular formula is C16H14BrCl2N. The fourth-order valence-corrected chi connectivity index (χ4v) is 3.04. The minimum Gasteiger partial charge on any atom is -0.377 e. The first kappa shape index (κ1) is 14.2. The first-order valence-electron chi connectivity index (χ1n) is 6.61. The Balaban J connectivity index is 1.88. The third kappa shape index (κ3) is 3.13. The monoisotopic (exact) mass is 369 g/mol. The number of anilines is 1. The van der Waals surface area contributed by atoms with Gasteiger partial charge in [0, 0.05) is 5.02 Å². The highest BCUT2D eigenvalue weighted by Crippen LogP contribution is 2.44. The second-order valence-corrected chi connectivity index (χ2v) is 6.75. The molecule has 1 nitrogen and oxygen atoms in total. The van der Waals surface area contributed by atoms with Crippen LogP contribution in [-0.4, -0.2) is 0 Å². The molecule has 1 aliphatic rings. The van der Waals surface area contributed by atoms with Crippen molar-refractivity contribution in [2.75, 3.05) is 5.32 Å². The molecule has 0 spiro atoms. The number of hydrogen-bond acceptors (Lipinski definition) is 1. The third-order valence-electron chi connectivity index (χ3n) is 3.59. The summed E-state index contributed by atoms with van der Waals surface area (Å²) in [6.45, 7) is 0. The summed E-state index contributed by atoms with van der Waals surface area (Å²) in [6.07, 6.45) is 2.52. The Labute approximate surface area is 137 Å². The van der Waals surface area contributed by atoms with Gasteiger partial charge >= 0.3 is 0 Å². The molecule has 2 aromatic carbocycles. The van der Waals surface area contributed by atoms with Gasteiger partial charge in [-0.3, -0.25) is 0 Å². The molecule has 0 radical (unpaired) electrons. The highest BCUT2D eigenvalue weighted by molar-refractivity contribution is 9.10. The number of benzene rings is 2. The van der Waals surface area contributed by atoms with E-state index in [-0.39, 0.29) is 0 Å². The van der Waals surface area contributed by atoms with Gasteiger partial charge in [0.1, 0.15) is 0 Å². The smallest absolute Gasteiger partial charge is 0.0593 e. The molecule has 3 rings (SSSR count). The van der Waals surface area contributed by atoms with Crippen molar-refractivity contribution in [3.8, 4) is 0 Å². The van der Waals surface area contributed by atoms with Gasteiger partial charge < -0.3 is 5.32 Å². The first-order chi connectivity index (χ1) is 9.65. The minimum absolute atomic E-state index is 0.307. The number of rotatable bonds is 4. The van der Waals surface area contributed by atoms with Crippen LogP contribution in [0.25, 0.3) is 0 Å².